The molecule has 2 aromatic heterocycles. The third-order valence-electron chi connectivity index (χ3n) is 5.88. The molecule has 6 heteroatoms. The fraction of sp³-hybridized carbons (Fsp3) is 0.417. The number of benzene rings is 1. The third kappa shape index (κ3) is 4.27. The second-order valence-corrected chi connectivity index (χ2v) is 8.43. The number of fused-ring (bicyclic) bond motifs is 1. The highest BCUT2D eigenvalue weighted by Gasteiger charge is 2.24. The second kappa shape index (κ2) is 8.38. The van der Waals surface area contributed by atoms with Gasteiger partial charge in [-0.3, -0.25) is 4.79 Å². The number of nitrogens with one attached hydrogen (secondary N) is 2. The van der Waals surface area contributed by atoms with E-state index >= 15 is 0 Å². The standard InChI is InChI=1S/C24H30N4O2/c1-15-13-20(16(2)30-15)24(29)26-18-11-9-17(10-12-18)25-23-14-22(28(3)4)19-7-5-6-8-21(19)27-23/h5-8,13-14,17-18H,9-12H2,1-4H3,(H,25,27)(H,26,29)/t17-,18+. The number of rotatable bonds is 5. The molecule has 0 spiro atoms. The van der Waals surface area contributed by atoms with Crippen LogP contribution in [0.3, 0.4) is 0 Å². The maximum atomic E-state index is 12.5. The van der Waals surface area contributed by atoms with Crippen LogP contribution in [0, 0.1) is 13.8 Å². The van der Waals surface area contributed by atoms with Gasteiger partial charge in [-0.05, 0) is 51.7 Å². The zero-order valence-electron chi connectivity index (χ0n) is 18.2. The van der Waals surface area contributed by atoms with Crippen molar-refractivity contribution < 1.29 is 9.21 Å². The van der Waals surface area contributed by atoms with Gasteiger partial charge in [0, 0.05) is 43.3 Å². The lowest BCUT2D eigenvalue weighted by atomic mass is 9.91. The van der Waals surface area contributed by atoms with Crippen LogP contribution < -0.4 is 15.5 Å². The number of aryl methyl sites for hydroxylation is 2. The Morgan fingerprint density at radius 2 is 1.77 bits per heavy atom. The van der Waals surface area contributed by atoms with Gasteiger partial charge in [-0.15, -0.1) is 0 Å². The number of furan rings is 1. The summed E-state index contributed by atoms with van der Waals surface area (Å²) in [5.41, 5.74) is 2.80. The molecule has 1 saturated carbocycles. The number of pyridine rings is 1. The van der Waals surface area contributed by atoms with Crippen molar-refractivity contribution in [2.45, 2.75) is 51.6 Å². The van der Waals surface area contributed by atoms with Crippen LogP contribution >= 0.6 is 0 Å². The highest BCUT2D eigenvalue weighted by molar-refractivity contribution is 5.95. The number of para-hydroxylation sites is 1. The molecular formula is C24H30N4O2. The van der Waals surface area contributed by atoms with Crippen molar-refractivity contribution in [2.75, 3.05) is 24.3 Å². The lowest BCUT2D eigenvalue weighted by molar-refractivity contribution is 0.0925. The second-order valence-electron chi connectivity index (χ2n) is 8.43. The van der Waals surface area contributed by atoms with Crippen LogP contribution in [0.15, 0.2) is 40.8 Å². The first-order chi connectivity index (χ1) is 14.4. The number of hydrogen-bond donors (Lipinski definition) is 2. The lowest BCUT2D eigenvalue weighted by Gasteiger charge is -2.30. The molecule has 0 aliphatic heterocycles. The average Bonchev–Trinajstić information content (AvgIpc) is 3.07. The Labute approximate surface area is 177 Å². The summed E-state index contributed by atoms with van der Waals surface area (Å²) in [4.78, 5) is 19.5. The molecule has 1 fully saturated rings. The molecule has 0 unspecified atom stereocenters. The number of carbonyl (C=O) groups excluding carboxylic acids is 1. The first kappa shape index (κ1) is 20.3. The van der Waals surface area contributed by atoms with Crippen LogP contribution in [0.1, 0.15) is 47.6 Å². The zero-order valence-corrected chi connectivity index (χ0v) is 18.2. The maximum Gasteiger partial charge on any atom is 0.255 e. The van der Waals surface area contributed by atoms with Gasteiger partial charge in [0.1, 0.15) is 17.3 Å². The van der Waals surface area contributed by atoms with Crippen LogP contribution in [-0.4, -0.2) is 37.1 Å². The normalized spacial score (nSPS) is 18.9. The van der Waals surface area contributed by atoms with Gasteiger partial charge in [0.25, 0.3) is 5.91 Å². The molecule has 0 atom stereocenters. The van der Waals surface area contributed by atoms with E-state index in [2.05, 4.69) is 47.8 Å². The molecule has 1 aromatic carbocycles. The van der Waals surface area contributed by atoms with Crippen LogP contribution in [0.4, 0.5) is 11.5 Å². The molecule has 0 radical (unpaired) electrons. The smallest absolute Gasteiger partial charge is 0.255 e. The lowest BCUT2D eigenvalue weighted by Crippen LogP contribution is -2.40. The number of aromatic nitrogens is 1. The number of nitrogens with zero attached hydrogens (tertiary/aromatic N) is 2. The minimum absolute atomic E-state index is 0.0346. The summed E-state index contributed by atoms with van der Waals surface area (Å²) in [5, 5.41) is 7.95. The van der Waals surface area contributed by atoms with E-state index in [0.29, 0.717) is 17.4 Å². The van der Waals surface area contributed by atoms with E-state index in [1.54, 1.807) is 0 Å². The van der Waals surface area contributed by atoms with E-state index < -0.39 is 0 Å². The summed E-state index contributed by atoms with van der Waals surface area (Å²) in [6.07, 6.45) is 3.90. The quantitative estimate of drug-likeness (QED) is 0.645. The van der Waals surface area contributed by atoms with E-state index in [9.17, 15) is 4.79 Å². The molecule has 1 amide bonds. The third-order valence-corrected chi connectivity index (χ3v) is 5.88. The molecule has 0 bridgehead atoms. The van der Waals surface area contributed by atoms with E-state index in [-0.39, 0.29) is 11.9 Å². The summed E-state index contributed by atoms with van der Waals surface area (Å²) in [6.45, 7) is 3.70. The highest BCUT2D eigenvalue weighted by atomic mass is 16.3. The molecule has 0 saturated heterocycles. The minimum atomic E-state index is -0.0346. The van der Waals surface area contributed by atoms with Crippen molar-refractivity contribution in [3.8, 4) is 0 Å². The minimum Gasteiger partial charge on any atom is -0.466 e. The molecule has 158 valence electrons. The Kier molecular flexibility index (Phi) is 5.66. The highest BCUT2D eigenvalue weighted by Crippen LogP contribution is 2.29. The van der Waals surface area contributed by atoms with Gasteiger partial charge in [-0.2, -0.15) is 0 Å². The largest absolute Gasteiger partial charge is 0.466 e. The topological polar surface area (TPSA) is 70.4 Å². The number of carbonyl (C=O) groups is 1. The zero-order chi connectivity index (χ0) is 21.3. The van der Waals surface area contributed by atoms with Crippen LogP contribution in [0.2, 0.25) is 0 Å². The molecule has 1 aliphatic rings. The van der Waals surface area contributed by atoms with Gasteiger partial charge in [-0.25, -0.2) is 4.98 Å². The summed E-state index contributed by atoms with van der Waals surface area (Å²) >= 11 is 0. The Bertz CT molecular complexity index is 1050. The number of anilines is 2. The summed E-state index contributed by atoms with van der Waals surface area (Å²) in [6, 6.07) is 12.7. The first-order valence-electron chi connectivity index (χ1n) is 10.6. The first-order valence-corrected chi connectivity index (χ1v) is 10.6. The molecule has 4 rings (SSSR count). The Morgan fingerprint density at radius 1 is 1.07 bits per heavy atom. The molecule has 6 nitrogen and oxygen atoms in total. The SMILES string of the molecule is Cc1cc(C(=O)N[C@H]2CC[C@@H](Nc3cc(N(C)C)c4ccccc4n3)CC2)c(C)o1. The summed E-state index contributed by atoms with van der Waals surface area (Å²) in [5.74, 6) is 2.33. The van der Waals surface area contributed by atoms with Crippen molar-refractivity contribution in [2.24, 2.45) is 0 Å². The molecule has 30 heavy (non-hydrogen) atoms. The van der Waals surface area contributed by atoms with Crippen LogP contribution in [0.25, 0.3) is 10.9 Å². The fourth-order valence-corrected chi connectivity index (χ4v) is 4.31. The van der Waals surface area contributed by atoms with Gasteiger partial charge >= 0.3 is 0 Å². The van der Waals surface area contributed by atoms with Crippen LogP contribution in [-0.2, 0) is 0 Å². The van der Waals surface area contributed by atoms with Crippen molar-refractivity contribution in [3.63, 3.8) is 0 Å². The van der Waals surface area contributed by atoms with Crippen molar-refractivity contribution in [1.29, 1.82) is 0 Å². The van der Waals surface area contributed by atoms with Crippen molar-refractivity contribution in [1.82, 2.24) is 10.3 Å². The van der Waals surface area contributed by atoms with Gasteiger partial charge in [-0.1, -0.05) is 18.2 Å². The van der Waals surface area contributed by atoms with Gasteiger partial charge in [0.2, 0.25) is 0 Å². The van der Waals surface area contributed by atoms with E-state index in [1.807, 2.05) is 32.0 Å². The molecule has 2 N–H and O–H groups in total. The summed E-state index contributed by atoms with van der Waals surface area (Å²) < 4.78 is 5.48. The average molecular weight is 407 g/mol. The van der Waals surface area contributed by atoms with E-state index in [0.717, 1.165) is 53.9 Å². The van der Waals surface area contributed by atoms with Gasteiger partial charge in [0.15, 0.2) is 0 Å². The fourth-order valence-electron chi connectivity index (χ4n) is 4.31. The van der Waals surface area contributed by atoms with E-state index in [4.69, 9.17) is 9.40 Å². The molecule has 2 heterocycles. The number of amides is 1. The predicted molar refractivity (Wildman–Crippen MR) is 121 cm³/mol. The Morgan fingerprint density at radius 3 is 2.43 bits per heavy atom. The number of hydrogen-bond acceptors (Lipinski definition) is 5. The van der Waals surface area contributed by atoms with Crippen LogP contribution in [0.5, 0.6) is 0 Å². The Balaban J connectivity index is 1.38. The maximum absolute atomic E-state index is 12.5. The van der Waals surface area contributed by atoms with Gasteiger partial charge in [0.05, 0.1) is 11.1 Å². The predicted octanol–water partition coefficient (Wildman–Crippen LogP) is 4.66. The van der Waals surface area contributed by atoms with E-state index in [1.165, 1.54) is 0 Å². The summed E-state index contributed by atoms with van der Waals surface area (Å²) in [7, 11) is 4.12. The van der Waals surface area contributed by atoms with Crippen molar-refractivity contribution >= 4 is 28.3 Å². The monoisotopic (exact) mass is 406 g/mol. The molecule has 1 aliphatic carbocycles. The molecule has 3 aromatic rings. The Hall–Kier alpha value is -3.02. The molecular weight excluding hydrogens is 376 g/mol. The van der Waals surface area contributed by atoms with Gasteiger partial charge < -0.3 is 20.0 Å². The van der Waals surface area contributed by atoms with Crippen molar-refractivity contribution in [3.05, 3.63) is 53.5 Å².